The molecule has 2 nitrogen and oxygen atoms in total. The van der Waals surface area contributed by atoms with E-state index in [1.54, 1.807) is 0 Å². The summed E-state index contributed by atoms with van der Waals surface area (Å²) in [6, 6.07) is 3.77. The lowest BCUT2D eigenvalue weighted by Gasteiger charge is -2.20. The van der Waals surface area contributed by atoms with E-state index in [-0.39, 0.29) is 12.0 Å². The molecule has 1 N–H and O–H groups in total. The lowest BCUT2D eigenvalue weighted by Crippen LogP contribution is -2.27. The molecular formula is C14H21F2NO. The Morgan fingerprint density at radius 1 is 1.17 bits per heavy atom. The van der Waals surface area contributed by atoms with Gasteiger partial charge in [-0.1, -0.05) is 19.9 Å². The second-order valence-corrected chi connectivity index (χ2v) is 4.37. The zero-order chi connectivity index (χ0) is 13.5. The van der Waals surface area contributed by atoms with Crippen LogP contribution in [-0.2, 0) is 6.42 Å². The van der Waals surface area contributed by atoms with Crippen molar-refractivity contribution >= 4 is 0 Å². The first-order chi connectivity index (χ1) is 8.58. The topological polar surface area (TPSA) is 23.5 Å². The highest BCUT2D eigenvalue weighted by atomic mass is 19.1. The summed E-state index contributed by atoms with van der Waals surface area (Å²) < 4.78 is 26.8. The van der Waals surface area contributed by atoms with Crippen molar-refractivity contribution in [3.63, 3.8) is 0 Å². The van der Waals surface area contributed by atoms with E-state index in [0.717, 1.165) is 19.6 Å². The Hall–Kier alpha value is -1.00. The van der Waals surface area contributed by atoms with Gasteiger partial charge in [-0.05, 0) is 31.6 Å². The van der Waals surface area contributed by atoms with Crippen LogP contribution in [0.4, 0.5) is 8.78 Å². The van der Waals surface area contributed by atoms with Crippen molar-refractivity contribution in [2.75, 3.05) is 19.6 Å². The van der Waals surface area contributed by atoms with Gasteiger partial charge >= 0.3 is 0 Å². The molecule has 1 atom stereocenters. The minimum absolute atomic E-state index is 0.0236. The molecule has 0 heterocycles. The van der Waals surface area contributed by atoms with Gasteiger partial charge in [0.25, 0.3) is 0 Å². The molecule has 0 saturated heterocycles. The van der Waals surface area contributed by atoms with E-state index < -0.39 is 17.7 Å². The zero-order valence-corrected chi connectivity index (χ0v) is 11.0. The molecule has 0 aliphatic rings. The van der Waals surface area contributed by atoms with Gasteiger partial charge < -0.3 is 10.0 Å². The van der Waals surface area contributed by atoms with Crippen molar-refractivity contribution in [2.24, 2.45) is 0 Å². The number of aliphatic hydroxyl groups is 1. The van der Waals surface area contributed by atoms with Crippen LogP contribution in [0.3, 0.4) is 0 Å². The van der Waals surface area contributed by atoms with E-state index in [1.165, 1.54) is 18.2 Å². The van der Waals surface area contributed by atoms with Gasteiger partial charge in [0.15, 0.2) is 0 Å². The van der Waals surface area contributed by atoms with Crippen molar-refractivity contribution in [1.29, 1.82) is 0 Å². The number of halogens is 2. The van der Waals surface area contributed by atoms with Crippen LogP contribution in [0, 0.1) is 11.6 Å². The first kappa shape index (κ1) is 15.1. The molecule has 0 radical (unpaired) electrons. The van der Waals surface area contributed by atoms with Gasteiger partial charge in [0.1, 0.15) is 11.6 Å². The summed E-state index contributed by atoms with van der Waals surface area (Å²) in [5, 5.41) is 9.83. The lowest BCUT2D eigenvalue weighted by atomic mass is 10.0. The van der Waals surface area contributed by atoms with Crippen LogP contribution >= 0.6 is 0 Å². The SMILES string of the molecule is CCN(CC)CCC(O)Cc1c(F)cccc1F. The van der Waals surface area contributed by atoms with Crippen LogP contribution in [0.25, 0.3) is 0 Å². The molecule has 0 aliphatic heterocycles. The predicted octanol–water partition coefficient (Wildman–Crippen LogP) is 2.60. The van der Waals surface area contributed by atoms with E-state index in [9.17, 15) is 13.9 Å². The first-order valence-electron chi connectivity index (χ1n) is 6.41. The third kappa shape index (κ3) is 4.35. The number of rotatable bonds is 7. The lowest BCUT2D eigenvalue weighted by molar-refractivity contribution is 0.141. The minimum atomic E-state index is -0.711. The molecule has 1 aromatic carbocycles. The minimum Gasteiger partial charge on any atom is -0.393 e. The molecule has 1 aromatic rings. The maximum atomic E-state index is 13.4. The second-order valence-electron chi connectivity index (χ2n) is 4.37. The summed E-state index contributed by atoms with van der Waals surface area (Å²) in [4.78, 5) is 2.17. The molecule has 0 saturated carbocycles. The van der Waals surface area contributed by atoms with Gasteiger partial charge in [0, 0.05) is 18.5 Å². The molecule has 0 amide bonds. The fourth-order valence-corrected chi connectivity index (χ4v) is 1.94. The van der Waals surface area contributed by atoms with Gasteiger partial charge in [0.2, 0.25) is 0 Å². The molecule has 1 rings (SSSR count). The average molecular weight is 257 g/mol. The van der Waals surface area contributed by atoms with Crippen LogP contribution in [-0.4, -0.2) is 35.7 Å². The fourth-order valence-electron chi connectivity index (χ4n) is 1.94. The Morgan fingerprint density at radius 3 is 2.22 bits per heavy atom. The molecule has 1 unspecified atom stereocenters. The average Bonchev–Trinajstić information content (AvgIpc) is 2.35. The first-order valence-corrected chi connectivity index (χ1v) is 6.41. The maximum Gasteiger partial charge on any atom is 0.129 e. The Kier molecular flexibility index (Phi) is 6.22. The summed E-state index contributed by atoms with van der Waals surface area (Å²) >= 11 is 0. The molecule has 0 spiro atoms. The van der Waals surface area contributed by atoms with Crippen molar-refractivity contribution in [1.82, 2.24) is 4.90 Å². The number of hydrogen-bond donors (Lipinski definition) is 1. The summed E-state index contributed by atoms with van der Waals surface area (Å²) in [5.41, 5.74) is -0.0236. The zero-order valence-electron chi connectivity index (χ0n) is 11.0. The molecule has 0 bridgehead atoms. The van der Waals surface area contributed by atoms with E-state index in [0.29, 0.717) is 6.42 Å². The molecule has 102 valence electrons. The highest BCUT2D eigenvalue weighted by molar-refractivity contribution is 5.20. The third-order valence-electron chi connectivity index (χ3n) is 3.17. The molecule has 18 heavy (non-hydrogen) atoms. The van der Waals surface area contributed by atoms with E-state index in [1.807, 2.05) is 13.8 Å². The molecule has 4 heteroatoms. The van der Waals surface area contributed by atoms with E-state index in [2.05, 4.69) is 4.90 Å². The molecule has 0 aromatic heterocycles. The Bertz CT molecular complexity index is 347. The van der Waals surface area contributed by atoms with E-state index in [4.69, 9.17) is 0 Å². The van der Waals surface area contributed by atoms with Crippen molar-refractivity contribution in [3.8, 4) is 0 Å². The summed E-state index contributed by atoms with van der Waals surface area (Å²) in [6.45, 7) is 6.66. The number of nitrogens with zero attached hydrogens (tertiary/aromatic N) is 1. The Balaban J connectivity index is 2.52. The second kappa shape index (κ2) is 7.44. The number of benzene rings is 1. The van der Waals surface area contributed by atoms with Gasteiger partial charge in [0.05, 0.1) is 6.10 Å². The summed E-state index contributed by atoms with van der Waals surface area (Å²) in [5.74, 6) is -1.17. The monoisotopic (exact) mass is 257 g/mol. The van der Waals surface area contributed by atoms with Gasteiger partial charge in [-0.15, -0.1) is 0 Å². The van der Waals surface area contributed by atoms with Crippen LogP contribution in [0.15, 0.2) is 18.2 Å². The van der Waals surface area contributed by atoms with Crippen LogP contribution < -0.4 is 0 Å². The van der Waals surface area contributed by atoms with Gasteiger partial charge in [-0.25, -0.2) is 8.78 Å². The van der Waals surface area contributed by atoms with Crippen molar-refractivity contribution in [3.05, 3.63) is 35.4 Å². The highest BCUT2D eigenvalue weighted by Gasteiger charge is 2.14. The normalized spacial score (nSPS) is 13.0. The number of aliphatic hydroxyl groups excluding tert-OH is 1. The van der Waals surface area contributed by atoms with Gasteiger partial charge in [-0.2, -0.15) is 0 Å². The van der Waals surface area contributed by atoms with E-state index >= 15 is 0 Å². The Labute approximate surface area is 107 Å². The fraction of sp³-hybridized carbons (Fsp3) is 0.571. The third-order valence-corrected chi connectivity index (χ3v) is 3.17. The molecule has 0 aliphatic carbocycles. The van der Waals surface area contributed by atoms with Crippen molar-refractivity contribution in [2.45, 2.75) is 32.8 Å². The quantitative estimate of drug-likeness (QED) is 0.811. The van der Waals surface area contributed by atoms with Crippen LogP contribution in [0.2, 0.25) is 0 Å². The smallest absolute Gasteiger partial charge is 0.129 e. The highest BCUT2D eigenvalue weighted by Crippen LogP contribution is 2.15. The summed E-state index contributed by atoms with van der Waals surface area (Å²) in [7, 11) is 0. The van der Waals surface area contributed by atoms with Gasteiger partial charge in [-0.3, -0.25) is 0 Å². The largest absolute Gasteiger partial charge is 0.393 e. The standard InChI is InChI=1S/C14H21F2NO/c1-3-17(4-2)9-8-11(18)10-12-13(15)6-5-7-14(12)16/h5-7,11,18H,3-4,8-10H2,1-2H3. The Morgan fingerprint density at radius 2 is 1.72 bits per heavy atom. The van der Waals surface area contributed by atoms with Crippen LogP contribution in [0.5, 0.6) is 0 Å². The predicted molar refractivity (Wildman–Crippen MR) is 68.5 cm³/mol. The summed E-state index contributed by atoms with van der Waals surface area (Å²) in [6.07, 6.45) is -0.160. The van der Waals surface area contributed by atoms with Crippen molar-refractivity contribution < 1.29 is 13.9 Å². The van der Waals surface area contributed by atoms with Crippen LogP contribution in [0.1, 0.15) is 25.8 Å². The molecular weight excluding hydrogens is 236 g/mol. The molecule has 0 fully saturated rings. The maximum absolute atomic E-state index is 13.4. The number of hydrogen-bond acceptors (Lipinski definition) is 2.